The number of nitrogens with zero attached hydrogens (tertiary/aromatic N) is 2. The zero-order chi connectivity index (χ0) is 21.5. The van der Waals surface area contributed by atoms with Crippen LogP contribution in [0.1, 0.15) is 11.1 Å². The maximum absolute atomic E-state index is 13.4. The number of benzene rings is 2. The van der Waals surface area contributed by atoms with E-state index in [-0.39, 0.29) is 43.2 Å². The third kappa shape index (κ3) is 3.27. The summed E-state index contributed by atoms with van der Waals surface area (Å²) >= 11 is 0. The molecule has 2 aliphatic rings. The molecule has 7 nitrogen and oxygen atoms in total. The highest BCUT2D eigenvalue weighted by molar-refractivity contribution is 6.11. The van der Waals surface area contributed by atoms with Gasteiger partial charge in [0.25, 0.3) is 11.6 Å². The van der Waals surface area contributed by atoms with Crippen LogP contribution in [0.5, 0.6) is 0 Å². The zero-order valence-corrected chi connectivity index (χ0v) is 15.6. The molecule has 2 aromatic carbocycles. The molecule has 0 saturated carbocycles. The van der Waals surface area contributed by atoms with E-state index in [2.05, 4.69) is 5.32 Å². The molecule has 1 fully saturated rings. The van der Waals surface area contributed by atoms with Crippen molar-refractivity contribution in [2.75, 3.05) is 36.5 Å². The summed E-state index contributed by atoms with van der Waals surface area (Å²) in [6.07, 6.45) is -4.66. The summed E-state index contributed by atoms with van der Waals surface area (Å²) in [6.45, 7) is 0.862. The van der Waals surface area contributed by atoms with Gasteiger partial charge in [0.15, 0.2) is 0 Å². The van der Waals surface area contributed by atoms with E-state index in [0.29, 0.717) is 4.90 Å². The third-order valence-corrected chi connectivity index (χ3v) is 5.10. The Bertz CT molecular complexity index is 991. The van der Waals surface area contributed by atoms with Gasteiger partial charge in [0.2, 0.25) is 0 Å². The summed E-state index contributed by atoms with van der Waals surface area (Å²) in [5.74, 6) is -0.814. The van der Waals surface area contributed by atoms with Crippen molar-refractivity contribution in [3.05, 3.63) is 59.7 Å². The third-order valence-electron chi connectivity index (χ3n) is 5.10. The molecule has 2 aliphatic heterocycles. The normalized spacial score (nSPS) is 21.8. The Balaban J connectivity index is 1.88. The van der Waals surface area contributed by atoms with Crippen LogP contribution in [0.2, 0.25) is 0 Å². The first-order valence-corrected chi connectivity index (χ1v) is 9.20. The standard InChI is InChI=1S/C20H18F3N3O4/c21-20(22,23)13-4-3-5-14(12-13)26-18(28)24-16-7-2-1-6-15(16)19(26,29)17(27)25-8-10-30-11-9-25/h1-7,12,29H,8-11H2,(H,24,28)/t19-/m1/s1. The fourth-order valence-electron chi connectivity index (χ4n) is 3.66. The lowest BCUT2D eigenvalue weighted by molar-refractivity contribution is -0.156. The van der Waals surface area contributed by atoms with Crippen LogP contribution in [0.3, 0.4) is 0 Å². The van der Waals surface area contributed by atoms with E-state index in [1.54, 1.807) is 12.1 Å². The predicted octanol–water partition coefficient (Wildman–Crippen LogP) is 2.76. The number of hydrogen-bond acceptors (Lipinski definition) is 4. The van der Waals surface area contributed by atoms with E-state index >= 15 is 0 Å². The number of aliphatic hydroxyl groups is 1. The number of hydrogen-bond donors (Lipinski definition) is 2. The van der Waals surface area contributed by atoms with E-state index in [1.165, 1.54) is 23.1 Å². The molecule has 0 aromatic heterocycles. The number of halogens is 3. The SMILES string of the molecule is O=C1Nc2ccccc2[C@@](O)(C(=O)N2CCOCC2)N1c1cccc(C(F)(F)F)c1. The van der Waals surface area contributed by atoms with Crippen molar-refractivity contribution < 1.29 is 32.6 Å². The van der Waals surface area contributed by atoms with Crippen molar-refractivity contribution in [1.29, 1.82) is 0 Å². The van der Waals surface area contributed by atoms with Gasteiger partial charge in [-0.1, -0.05) is 24.3 Å². The summed E-state index contributed by atoms with van der Waals surface area (Å²) in [7, 11) is 0. The lowest BCUT2D eigenvalue weighted by Gasteiger charge is -2.45. The molecule has 1 saturated heterocycles. The molecule has 0 unspecified atom stereocenters. The number of amides is 3. The second-order valence-corrected chi connectivity index (χ2v) is 6.94. The Kier molecular flexibility index (Phi) is 4.91. The molecule has 0 spiro atoms. The highest BCUT2D eigenvalue weighted by Gasteiger charge is 2.54. The number of carbonyl (C=O) groups excluding carboxylic acids is 2. The molecule has 30 heavy (non-hydrogen) atoms. The Morgan fingerprint density at radius 3 is 2.50 bits per heavy atom. The lowest BCUT2D eigenvalue weighted by atomic mass is 9.94. The highest BCUT2D eigenvalue weighted by atomic mass is 19.4. The van der Waals surface area contributed by atoms with Gasteiger partial charge in [-0.3, -0.25) is 9.69 Å². The molecule has 1 atom stereocenters. The monoisotopic (exact) mass is 421 g/mol. The number of urea groups is 1. The van der Waals surface area contributed by atoms with Crippen LogP contribution in [0.25, 0.3) is 0 Å². The van der Waals surface area contributed by atoms with Gasteiger partial charge in [-0.15, -0.1) is 0 Å². The number of carbonyl (C=O) groups is 2. The Hall–Kier alpha value is -3.11. The van der Waals surface area contributed by atoms with Crippen molar-refractivity contribution in [2.45, 2.75) is 11.9 Å². The van der Waals surface area contributed by atoms with Gasteiger partial charge in [-0.25, -0.2) is 4.79 Å². The van der Waals surface area contributed by atoms with Gasteiger partial charge in [-0.05, 0) is 24.3 Å². The molecule has 2 aromatic rings. The van der Waals surface area contributed by atoms with Crippen LogP contribution in [0.15, 0.2) is 48.5 Å². The van der Waals surface area contributed by atoms with Crippen LogP contribution in [-0.4, -0.2) is 48.2 Å². The first kappa shape index (κ1) is 20.2. The summed E-state index contributed by atoms with van der Waals surface area (Å²) < 4.78 is 45.0. The minimum absolute atomic E-state index is 0.0681. The number of morpholine rings is 1. The average Bonchev–Trinajstić information content (AvgIpc) is 2.73. The van der Waals surface area contributed by atoms with Gasteiger partial charge in [0.05, 0.1) is 24.5 Å². The van der Waals surface area contributed by atoms with Crippen LogP contribution >= 0.6 is 0 Å². The minimum atomic E-state index is -4.66. The van der Waals surface area contributed by atoms with Crippen LogP contribution in [0.4, 0.5) is 29.3 Å². The minimum Gasteiger partial charge on any atom is -0.378 e. The van der Waals surface area contributed by atoms with E-state index < -0.39 is 29.4 Å². The summed E-state index contributed by atoms with van der Waals surface area (Å²) in [6, 6.07) is 9.15. The maximum atomic E-state index is 13.4. The van der Waals surface area contributed by atoms with Crippen molar-refractivity contribution in [3.63, 3.8) is 0 Å². The maximum Gasteiger partial charge on any atom is 0.416 e. The quantitative estimate of drug-likeness (QED) is 0.782. The molecule has 10 heteroatoms. The van der Waals surface area contributed by atoms with Gasteiger partial charge in [0, 0.05) is 24.3 Å². The van der Waals surface area contributed by atoms with E-state index in [0.717, 1.165) is 18.2 Å². The molecular formula is C20H18F3N3O4. The summed E-state index contributed by atoms with van der Waals surface area (Å²) in [5, 5.41) is 14.2. The Morgan fingerprint density at radius 2 is 1.80 bits per heavy atom. The number of alkyl halides is 3. The molecular weight excluding hydrogens is 403 g/mol. The van der Waals surface area contributed by atoms with Gasteiger partial charge >= 0.3 is 12.2 Å². The number of anilines is 2. The van der Waals surface area contributed by atoms with E-state index in [9.17, 15) is 27.9 Å². The van der Waals surface area contributed by atoms with Gasteiger partial charge in [-0.2, -0.15) is 13.2 Å². The van der Waals surface area contributed by atoms with Crippen LogP contribution in [-0.2, 0) is 21.4 Å². The number of ether oxygens (including phenoxy) is 1. The molecule has 2 N–H and O–H groups in total. The molecule has 4 rings (SSSR count). The lowest BCUT2D eigenvalue weighted by Crippen LogP contribution is -2.64. The fourth-order valence-corrected chi connectivity index (χ4v) is 3.66. The summed E-state index contributed by atoms with van der Waals surface area (Å²) in [5.41, 5.74) is -3.53. The van der Waals surface area contributed by atoms with Crippen LogP contribution < -0.4 is 10.2 Å². The predicted molar refractivity (Wildman–Crippen MR) is 101 cm³/mol. The van der Waals surface area contributed by atoms with Crippen molar-refractivity contribution >= 4 is 23.3 Å². The number of rotatable bonds is 2. The van der Waals surface area contributed by atoms with Crippen LogP contribution in [0, 0.1) is 0 Å². The smallest absolute Gasteiger partial charge is 0.378 e. The van der Waals surface area contributed by atoms with Gasteiger partial charge < -0.3 is 20.1 Å². The molecule has 158 valence electrons. The molecule has 0 bridgehead atoms. The Morgan fingerprint density at radius 1 is 1.10 bits per heavy atom. The van der Waals surface area contributed by atoms with Crippen molar-refractivity contribution in [1.82, 2.24) is 4.90 Å². The second kappa shape index (κ2) is 7.29. The topological polar surface area (TPSA) is 82.1 Å². The molecule has 0 radical (unpaired) electrons. The van der Waals surface area contributed by atoms with E-state index in [4.69, 9.17) is 4.74 Å². The van der Waals surface area contributed by atoms with Crippen molar-refractivity contribution in [3.8, 4) is 0 Å². The van der Waals surface area contributed by atoms with Crippen molar-refractivity contribution in [2.24, 2.45) is 0 Å². The first-order chi connectivity index (χ1) is 14.2. The summed E-state index contributed by atoms with van der Waals surface area (Å²) in [4.78, 5) is 28.3. The number of nitrogens with one attached hydrogen (secondary N) is 1. The molecule has 2 heterocycles. The number of para-hydroxylation sites is 1. The molecule has 0 aliphatic carbocycles. The van der Waals surface area contributed by atoms with Gasteiger partial charge in [0.1, 0.15) is 0 Å². The van der Waals surface area contributed by atoms with E-state index in [1.807, 2.05) is 0 Å². The fraction of sp³-hybridized carbons (Fsp3) is 0.300. The molecule has 3 amide bonds. The zero-order valence-electron chi connectivity index (χ0n) is 15.6. The number of fused-ring (bicyclic) bond motifs is 1. The highest BCUT2D eigenvalue weighted by Crippen LogP contribution is 2.42. The average molecular weight is 421 g/mol. The Labute approximate surface area is 169 Å². The second-order valence-electron chi connectivity index (χ2n) is 6.94. The largest absolute Gasteiger partial charge is 0.416 e. The first-order valence-electron chi connectivity index (χ1n) is 9.20.